The molecule has 1 aromatic heterocycles. The predicted octanol–water partition coefficient (Wildman–Crippen LogP) is 8.80. The molecule has 0 saturated heterocycles. The molecule has 0 radical (unpaired) electrons. The zero-order chi connectivity index (χ0) is 22.0. The first-order valence-electron chi connectivity index (χ1n) is 13.3. The standard InChI is InChI=1S/C33H29N/c1-2-6-23-22(5-1)9-11-27-30(23)31-28(34-27)12-10-26-29(31)24-7-3-4-8-25(24)32(26)33-16-19-13-20(17-33)15-21(14-19)18-33/h1-12,19-21,32,34H,13-18H2. The summed E-state index contributed by atoms with van der Waals surface area (Å²) in [7, 11) is 0. The number of fused-ring (bicyclic) bond motifs is 9. The van der Waals surface area contributed by atoms with E-state index in [0.29, 0.717) is 11.3 Å². The average molecular weight is 440 g/mol. The van der Waals surface area contributed by atoms with E-state index in [1.54, 1.807) is 11.1 Å². The van der Waals surface area contributed by atoms with Gasteiger partial charge in [-0.05, 0) is 107 Å². The zero-order valence-electron chi connectivity index (χ0n) is 19.5. The molecule has 0 spiro atoms. The molecule has 1 nitrogen and oxygen atoms in total. The minimum absolute atomic E-state index is 0.470. The second-order valence-electron chi connectivity index (χ2n) is 12.1. The van der Waals surface area contributed by atoms with Gasteiger partial charge in [-0.2, -0.15) is 0 Å². The molecular formula is C33H29N. The van der Waals surface area contributed by atoms with Crippen LogP contribution in [0.4, 0.5) is 0 Å². The van der Waals surface area contributed by atoms with Gasteiger partial charge in [-0.3, -0.25) is 0 Å². The third kappa shape index (κ3) is 2.17. The Morgan fingerprint density at radius 1 is 0.618 bits per heavy atom. The van der Waals surface area contributed by atoms with E-state index in [1.807, 2.05) is 0 Å². The molecule has 1 atom stereocenters. The maximum Gasteiger partial charge on any atom is 0.0471 e. The Morgan fingerprint density at radius 3 is 2.12 bits per heavy atom. The van der Waals surface area contributed by atoms with Crippen LogP contribution in [0.25, 0.3) is 43.7 Å². The van der Waals surface area contributed by atoms with E-state index in [9.17, 15) is 0 Å². The summed E-state index contributed by atoms with van der Waals surface area (Å²) in [6.45, 7) is 0. The molecule has 1 heterocycles. The molecule has 5 aliphatic rings. The second kappa shape index (κ2) is 6.13. The number of aromatic nitrogens is 1. The number of rotatable bonds is 1. The van der Waals surface area contributed by atoms with Gasteiger partial charge in [-0.25, -0.2) is 0 Å². The van der Waals surface area contributed by atoms with E-state index in [4.69, 9.17) is 0 Å². The summed E-state index contributed by atoms with van der Waals surface area (Å²) in [4.78, 5) is 3.78. The van der Waals surface area contributed by atoms with Crippen molar-refractivity contribution in [3.8, 4) is 11.1 Å². The van der Waals surface area contributed by atoms with Gasteiger partial charge < -0.3 is 4.98 Å². The first-order valence-corrected chi connectivity index (χ1v) is 13.3. The molecule has 1 N–H and O–H groups in total. The Balaban J connectivity index is 1.39. The first-order chi connectivity index (χ1) is 16.8. The van der Waals surface area contributed by atoms with Crippen LogP contribution in [0.5, 0.6) is 0 Å². The van der Waals surface area contributed by atoms with Crippen molar-refractivity contribution in [1.82, 2.24) is 4.98 Å². The Bertz CT molecular complexity index is 1610. The van der Waals surface area contributed by atoms with Gasteiger partial charge in [0, 0.05) is 27.7 Å². The van der Waals surface area contributed by atoms with Crippen LogP contribution in [0.3, 0.4) is 0 Å². The zero-order valence-corrected chi connectivity index (χ0v) is 19.5. The smallest absolute Gasteiger partial charge is 0.0471 e. The molecule has 1 heteroatoms. The molecule has 4 saturated carbocycles. The number of hydrogen-bond donors (Lipinski definition) is 1. The number of aromatic amines is 1. The molecule has 34 heavy (non-hydrogen) atoms. The minimum Gasteiger partial charge on any atom is -0.354 e. The lowest BCUT2D eigenvalue weighted by atomic mass is 9.45. The van der Waals surface area contributed by atoms with Crippen LogP contribution in [0.1, 0.15) is 55.6 Å². The Hall–Kier alpha value is -3.06. The van der Waals surface area contributed by atoms with Crippen molar-refractivity contribution < 1.29 is 0 Å². The summed E-state index contributed by atoms with van der Waals surface area (Å²) in [5, 5.41) is 5.56. The summed E-state index contributed by atoms with van der Waals surface area (Å²) in [6, 6.07) is 27.8. The third-order valence-electron chi connectivity index (χ3n) is 10.2. The van der Waals surface area contributed by atoms with Crippen LogP contribution in [-0.2, 0) is 0 Å². The minimum atomic E-state index is 0.470. The normalized spacial score (nSPS) is 30.9. The summed E-state index contributed by atoms with van der Waals surface area (Å²) in [5.41, 5.74) is 9.27. The van der Waals surface area contributed by atoms with Crippen LogP contribution in [0.15, 0.2) is 72.8 Å². The van der Waals surface area contributed by atoms with E-state index < -0.39 is 0 Å². The van der Waals surface area contributed by atoms with Crippen molar-refractivity contribution in [3.63, 3.8) is 0 Å². The van der Waals surface area contributed by atoms with E-state index >= 15 is 0 Å². The van der Waals surface area contributed by atoms with Crippen molar-refractivity contribution in [2.75, 3.05) is 0 Å². The Morgan fingerprint density at radius 2 is 1.29 bits per heavy atom. The van der Waals surface area contributed by atoms with Crippen LogP contribution < -0.4 is 0 Å². The van der Waals surface area contributed by atoms with Crippen molar-refractivity contribution in [1.29, 1.82) is 0 Å². The molecular weight excluding hydrogens is 410 g/mol. The average Bonchev–Trinajstić information content (AvgIpc) is 3.39. The molecule has 166 valence electrons. The number of H-pyrrole nitrogens is 1. The predicted molar refractivity (Wildman–Crippen MR) is 141 cm³/mol. The van der Waals surface area contributed by atoms with Gasteiger partial charge in [0.25, 0.3) is 0 Å². The summed E-state index contributed by atoms with van der Waals surface area (Å²) >= 11 is 0. The summed E-state index contributed by atoms with van der Waals surface area (Å²) in [6.07, 6.45) is 8.88. The summed E-state index contributed by atoms with van der Waals surface area (Å²) in [5.74, 6) is 3.49. The monoisotopic (exact) mass is 439 g/mol. The first kappa shape index (κ1) is 18.3. The van der Waals surface area contributed by atoms with Crippen molar-refractivity contribution in [2.24, 2.45) is 23.2 Å². The number of nitrogens with one attached hydrogen (secondary N) is 1. The fraction of sp³-hybridized carbons (Fsp3) is 0.333. The van der Waals surface area contributed by atoms with Crippen LogP contribution in [0.2, 0.25) is 0 Å². The quantitative estimate of drug-likeness (QED) is 0.268. The molecule has 10 rings (SSSR count). The van der Waals surface area contributed by atoms with Gasteiger partial charge in [-0.1, -0.05) is 60.7 Å². The molecule has 4 bridgehead atoms. The summed E-state index contributed by atoms with van der Waals surface area (Å²) < 4.78 is 0. The molecule has 5 aromatic rings. The van der Waals surface area contributed by atoms with E-state index in [0.717, 1.165) is 17.8 Å². The van der Waals surface area contributed by atoms with Gasteiger partial charge in [0.05, 0.1) is 0 Å². The third-order valence-corrected chi connectivity index (χ3v) is 10.2. The molecule has 0 aliphatic heterocycles. The SMILES string of the molecule is c1ccc2c(c1)-c1c(ccc3[nH]c4ccc5ccccc5c4c13)C2C12CC3CC(CC(C3)C1)C2. The van der Waals surface area contributed by atoms with E-state index in [1.165, 1.54) is 82.2 Å². The maximum atomic E-state index is 3.78. The Kier molecular flexibility index (Phi) is 3.30. The fourth-order valence-corrected chi connectivity index (χ4v) is 9.64. The van der Waals surface area contributed by atoms with Crippen LogP contribution in [-0.4, -0.2) is 4.98 Å². The lowest BCUT2D eigenvalue weighted by molar-refractivity contribution is -0.0612. The lowest BCUT2D eigenvalue weighted by Gasteiger charge is -2.59. The molecule has 5 aliphatic carbocycles. The Labute approximate surface area is 200 Å². The highest BCUT2D eigenvalue weighted by molar-refractivity contribution is 6.25. The number of benzene rings is 4. The van der Waals surface area contributed by atoms with Crippen molar-refractivity contribution in [3.05, 3.63) is 83.9 Å². The largest absolute Gasteiger partial charge is 0.354 e. The highest BCUT2D eigenvalue weighted by Gasteiger charge is 2.56. The van der Waals surface area contributed by atoms with E-state index in [-0.39, 0.29) is 0 Å². The van der Waals surface area contributed by atoms with Crippen molar-refractivity contribution in [2.45, 2.75) is 44.4 Å². The molecule has 4 aromatic carbocycles. The number of hydrogen-bond acceptors (Lipinski definition) is 0. The molecule has 1 unspecified atom stereocenters. The van der Waals surface area contributed by atoms with Crippen LogP contribution >= 0.6 is 0 Å². The molecule has 0 amide bonds. The van der Waals surface area contributed by atoms with Crippen LogP contribution in [0, 0.1) is 23.2 Å². The lowest BCUT2D eigenvalue weighted by Crippen LogP contribution is -2.48. The highest BCUT2D eigenvalue weighted by Crippen LogP contribution is 2.68. The second-order valence-corrected chi connectivity index (χ2v) is 12.1. The topological polar surface area (TPSA) is 15.8 Å². The van der Waals surface area contributed by atoms with Crippen molar-refractivity contribution >= 4 is 32.6 Å². The highest BCUT2D eigenvalue weighted by atomic mass is 14.7. The van der Waals surface area contributed by atoms with E-state index in [2.05, 4.69) is 77.8 Å². The van der Waals surface area contributed by atoms with Gasteiger partial charge in [0.1, 0.15) is 0 Å². The van der Waals surface area contributed by atoms with Gasteiger partial charge >= 0.3 is 0 Å². The molecule has 4 fully saturated rings. The van der Waals surface area contributed by atoms with Gasteiger partial charge in [0.2, 0.25) is 0 Å². The fourth-order valence-electron chi connectivity index (χ4n) is 9.64. The maximum absolute atomic E-state index is 3.78. The van der Waals surface area contributed by atoms with Gasteiger partial charge in [-0.15, -0.1) is 0 Å². The van der Waals surface area contributed by atoms with Gasteiger partial charge in [0.15, 0.2) is 0 Å².